The van der Waals surface area contributed by atoms with Crippen molar-refractivity contribution in [2.24, 2.45) is 0 Å². The van der Waals surface area contributed by atoms with E-state index >= 15 is 0 Å². The molecule has 2 rings (SSSR count). The van der Waals surface area contributed by atoms with Gasteiger partial charge in [-0.25, -0.2) is 0 Å². The second-order valence-electron chi connectivity index (χ2n) is 3.09. The van der Waals surface area contributed by atoms with Gasteiger partial charge >= 0.3 is 0 Å². The molecule has 2 heterocycles. The molecule has 1 amide bonds. The monoisotopic (exact) mass is 153 g/mol. The smallest absolute Gasteiger partial charge is 0.228 e. The lowest BCUT2D eigenvalue weighted by atomic mass is 10.1. The van der Waals surface area contributed by atoms with Crippen LogP contribution in [-0.4, -0.2) is 29.4 Å². The number of guanidine groups is 1. The summed E-state index contributed by atoms with van der Waals surface area (Å²) in [6, 6.07) is 0.316. The molecule has 0 bridgehead atoms. The summed E-state index contributed by atoms with van der Waals surface area (Å²) >= 11 is 0. The van der Waals surface area contributed by atoms with Crippen LogP contribution < -0.4 is 5.32 Å². The minimum atomic E-state index is -0.00171. The van der Waals surface area contributed by atoms with Crippen LogP contribution in [0.4, 0.5) is 0 Å². The number of carbonyl (C=O) groups is 1. The summed E-state index contributed by atoms with van der Waals surface area (Å²) in [6.45, 7) is 0.934. The summed E-state index contributed by atoms with van der Waals surface area (Å²) in [7, 11) is 0. The van der Waals surface area contributed by atoms with Crippen LogP contribution in [0.25, 0.3) is 0 Å². The second-order valence-corrected chi connectivity index (χ2v) is 3.09. The molecule has 2 aliphatic heterocycles. The van der Waals surface area contributed by atoms with Crippen LogP contribution in [0.3, 0.4) is 0 Å². The highest BCUT2D eigenvalue weighted by molar-refractivity contribution is 5.98. The van der Waals surface area contributed by atoms with E-state index in [-0.39, 0.29) is 5.91 Å². The topological polar surface area (TPSA) is 56.2 Å². The minimum absolute atomic E-state index is 0.00171. The number of rotatable bonds is 0. The largest absolute Gasteiger partial charge is 0.339 e. The molecular formula is C7H11N3O. The van der Waals surface area contributed by atoms with Crippen LogP contribution in [0.2, 0.25) is 0 Å². The average Bonchev–Trinajstić information content (AvgIpc) is 2.34. The summed E-state index contributed by atoms with van der Waals surface area (Å²) < 4.78 is 0. The van der Waals surface area contributed by atoms with Gasteiger partial charge in [-0.3, -0.25) is 15.5 Å². The fourth-order valence-electron chi connectivity index (χ4n) is 1.81. The third kappa shape index (κ3) is 0.982. The van der Waals surface area contributed by atoms with Crippen molar-refractivity contribution in [1.82, 2.24) is 10.2 Å². The van der Waals surface area contributed by atoms with Crippen LogP contribution in [0.15, 0.2) is 0 Å². The molecule has 0 unspecified atom stereocenters. The van der Waals surface area contributed by atoms with Gasteiger partial charge in [-0.05, 0) is 12.8 Å². The summed E-state index contributed by atoms with van der Waals surface area (Å²) in [5.74, 6) is 0.293. The van der Waals surface area contributed by atoms with E-state index in [2.05, 4.69) is 5.32 Å². The highest BCUT2D eigenvalue weighted by Gasteiger charge is 2.33. The van der Waals surface area contributed by atoms with Crippen molar-refractivity contribution in [3.05, 3.63) is 0 Å². The average molecular weight is 153 g/mol. The van der Waals surface area contributed by atoms with E-state index in [4.69, 9.17) is 5.41 Å². The van der Waals surface area contributed by atoms with Gasteiger partial charge in [0.15, 0.2) is 5.96 Å². The molecule has 2 fully saturated rings. The first kappa shape index (κ1) is 6.64. The fourth-order valence-corrected chi connectivity index (χ4v) is 1.81. The Bertz CT molecular complexity index is 214. The number of nitrogens with one attached hydrogen (secondary N) is 2. The maximum atomic E-state index is 10.9. The highest BCUT2D eigenvalue weighted by atomic mass is 16.2. The first-order valence-corrected chi connectivity index (χ1v) is 3.92. The lowest BCUT2D eigenvalue weighted by Crippen LogP contribution is -2.52. The summed E-state index contributed by atoms with van der Waals surface area (Å²) in [5.41, 5.74) is 0. The molecule has 2 saturated heterocycles. The molecule has 4 nitrogen and oxygen atoms in total. The summed E-state index contributed by atoms with van der Waals surface area (Å²) in [6.07, 6.45) is 2.75. The molecule has 0 aromatic carbocycles. The van der Waals surface area contributed by atoms with E-state index in [0.717, 1.165) is 19.4 Å². The molecule has 0 spiro atoms. The van der Waals surface area contributed by atoms with Gasteiger partial charge in [-0.1, -0.05) is 0 Å². The molecule has 2 aliphatic rings. The molecule has 4 heteroatoms. The van der Waals surface area contributed by atoms with Gasteiger partial charge in [-0.15, -0.1) is 0 Å². The zero-order valence-electron chi connectivity index (χ0n) is 6.26. The molecule has 1 atom stereocenters. The SMILES string of the molecule is N=C1NC(=O)C[C@H]2CCCN12. The number of fused-ring (bicyclic) bond motifs is 1. The molecule has 0 aromatic heterocycles. The number of carbonyl (C=O) groups excluding carboxylic acids is 1. The third-order valence-corrected chi connectivity index (χ3v) is 2.34. The van der Waals surface area contributed by atoms with E-state index in [1.165, 1.54) is 0 Å². The van der Waals surface area contributed by atoms with Gasteiger partial charge < -0.3 is 4.90 Å². The predicted octanol–water partition coefficient (Wildman–Crippen LogP) is -0.0945. The first-order chi connectivity index (χ1) is 5.27. The summed E-state index contributed by atoms with van der Waals surface area (Å²) in [4.78, 5) is 12.9. The Morgan fingerprint density at radius 2 is 2.45 bits per heavy atom. The molecule has 0 aliphatic carbocycles. The van der Waals surface area contributed by atoms with Crippen molar-refractivity contribution in [1.29, 1.82) is 5.41 Å². The Morgan fingerprint density at radius 3 is 3.27 bits per heavy atom. The Labute approximate surface area is 65.1 Å². The van der Waals surface area contributed by atoms with Gasteiger partial charge in [0, 0.05) is 19.0 Å². The van der Waals surface area contributed by atoms with E-state index in [9.17, 15) is 4.79 Å². The van der Waals surface area contributed by atoms with Crippen molar-refractivity contribution in [3.63, 3.8) is 0 Å². The Morgan fingerprint density at radius 1 is 1.64 bits per heavy atom. The van der Waals surface area contributed by atoms with Crippen molar-refractivity contribution in [3.8, 4) is 0 Å². The third-order valence-electron chi connectivity index (χ3n) is 2.34. The first-order valence-electron chi connectivity index (χ1n) is 3.92. The lowest BCUT2D eigenvalue weighted by molar-refractivity contribution is -0.121. The highest BCUT2D eigenvalue weighted by Crippen LogP contribution is 2.21. The lowest BCUT2D eigenvalue weighted by Gasteiger charge is -2.31. The second kappa shape index (κ2) is 2.22. The summed E-state index contributed by atoms with van der Waals surface area (Å²) in [5, 5.41) is 9.96. The van der Waals surface area contributed by atoms with Crippen LogP contribution in [-0.2, 0) is 4.79 Å². The van der Waals surface area contributed by atoms with Gasteiger partial charge in [0.2, 0.25) is 5.91 Å². The molecule has 0 saturated carbocycles. The van der Waals surface area contributed by atoms with Crippen LogP contribution in [0, 0.1) is 5.41 Å². The molecule has 11 heavy (non-hydrogen) atoms. The Kier molecular flexibility index (Phi) is 1.34. The minimum Gasteiger partial charge on any atom is -0.339 e. The Balaban J connectivity index is 2.16. The Hall–Kier alpha value is -1.06. The van der Waals surface area contributed by atoms with Gasteiger partial charge in [0.05, 0.1) is 0 Å². The normalized spacial score (nSPS) is 30.2. The fraction of sp³-hybridized carbons (Fsp3) is 0.714. The van der Waals surface area contributed by atoms with Crippen molar-refractivity contribution in [2.75, 3.05) is 6.54 Å². The van der Waals surface area contributed by atoms with Crippen molar-refractivity contribution in [2.45, 2.75) is 25.3 Å². The van der Waals surface area contributed by atoms with E-state index in [0.29, 0.717) is 18.4 Å². The molecule has 2 N–H and O–H groups in total. The predicted molar refractivity (Wildman–Crippen MR) is 40.2 cm³/mol. The maximum absolute atomic E-state index is 10.9. The number of nitrogens with zero attached hydrogens (tertiary/aromatic N) is 1. The van der Waals surface area contributed by atoms with Crippen molar-refractivity contribution < 1.29 is 4.79 Å². The maximum Gasteiger partial charge on any atom is 0.228 e. The van der Waals surface area contributed by atoms with Crippen molar-refractivity contribution >= 4 is 11.9 Å². The zero-order chi connectivity index (χ0) is 7.84. The van der Waals surface area contributed by atoms with E-state index < -0.39 is 0 Å². The molecule has 0 radical (unpaired) electrons. The van der Waals surface area contributed by atoms with Crippen LogP contribution in [0.5, 0.6) is 0 Å². The molecular weight excluding hydrogens is 142 g/mol. The standard InChI is InChI=1S/C7H11N3O/c8-7-9-6(11)4-5-2-1-3-10(5)7/h5H,1-4H2,(H2,8,9,11)/t5-/m1/s1. The quantitative estimate of drug-likeness (QED) is 0.511. The van der Waals surface area contributed by atoms with Gasteiger partial charge in [0.25, 0.3) is 0 Å². The van der Waals surface area contributed by atoms with Crippen LogP contribution in [0.1, 0.15) is 19.3 Å². The van der Waals surface area contributed by atoms with Gasteiger partial charge in [-0.2, -0.15) is 0 Å². The van der Waals surface area contributed by atoms with E-state index in [1.807, 2.05) is 4.90 Å². The van der Waals surface area contributed by atoms with Crippen LogP contribution >= 0.6 is 0 Å². The number of hydrogen-bond donors (Lipinski definition) is 2. The zero-order valence-corrected chi connectivity index (χ0v) is 6.26. The van der Waals surface area contributed by atoms with Gasteiger partial charge in [0.1, 0.15) is 0 Å². The number of amides is 1. The van der Waals surface area contributed by atoms with E-state index in [1.54, 1.807) is 0 Å². The molecule has 0 aromatic rings. The molecule has 60 valence electrons. The number of hydrogen-bond acceptors (Lipinski definition) is 2.